The smallest absolute Gasteiger partial charge is 0.303 e. The zero-order valence-electron chi connectivity index (χ0n) is 17.5. The predicted molar refractivity (Wildman–Crippen MR) is 104 cm³/mol. The Morgan fingerprint density at radius 1 is 0.929 bits per heavy atom. The number of ketones is 2. The second-order valence-electron chi connectivity index (χ2n) is 10.9. The van der Waals surface area contributed by atoms with E-state index < -0.39 is 5.60 Å². The van der Waals surface area contributed by atoms with Gasteiger partial charge in [-0.3, -0.25) is 14.4 Å². The molecule has 6 aliphatic carbocycles. The average Bonchev–Trinajstić information content (AvgIpc) is 2.76. The third-order valence-corrected chi connectivity index (χ3v) is 10.1. The maximum absolute atomic E-state index is 12.8. The highest BCUT2D eigenvalue weighted by molar-refractivity contribution is 5.89. The molecule has 0 aromatic heterocycles. The number of hydrogen-bond donors (Lipinski definition) is 0. The minimum atomic E-state index is -0.925. The summed E-state index contributed by atoms with van der Waals surface area (Å²) in [6.45, 7) is 5.29. The fourth-order valence-corrected chi connectivity index (χ4v) is 8.99. The summed E-state index contributed by atoms with van der Waals surface area (Å²) >= 11 is 0. The van der Waals surface area contributed by atoms with Crippen molar-refractivity contribution in [1.29, 1.82) is 0 Å². The minimum Gasteiger partial charge on any atom is -0.451 e. The summed E-state index contributed by atoms with van der Waals surface area (Å²) in [5, 5.41) is 0. The predicted octanol–water partition coefficient (Wildman–Crippen LogP) is 4.35. The number of hydrogen-bond acceptors (Lipinski definition) is 4. The quantitative estimate of drug-likeness (QED) is 0.662. The molecule has 6 saturated carbocycles. The van der Waals surface area contributed by atoms with Crippen LogP contribution < -0.4 is 0 Å². The fourth-order valence-electron chi connectivity index (χ4n) is 8.99. The second-order valence-corrected chi connectivity index (χ2v) is 10.9. The van der Waals surface area contributed by atoms with Gasteiger partial charge in [0.25, 0.3) is 0 Å². The largest absolute Gasteiger partial charge is 0.451 e. The van der Waals surface area contributed by atoms with E-state index in [4.69, 9.17) is 4.74 Å². The highest BCUT2D eigenvalue weighted by Gasteiger charge is 2.68. The first-order valence-electron chi connectivity index (χ1n) is 11.5. The number of ether oxygens (including phenoxy) is 1. The van der Waals surface area contributed by atoms with E-state index in [0.717, 1.165) is 38.5 Å². The summed E-state index contributed by atoms with van der Waals surface area (Å²) in [4.78, 5) is 37.2. The van der Waals surface area contributed by atoms with Crippen LogP contribution in [0.25, 0.3) is 0 Å². The molecular formula is C24H34O4. The Bertz CT molecular complexity index is 728. The molecule has 0 radical (unpaired) electrons. The summed E-state index contributed by atoms with van der Waals surface area (Å²) in [6, 6.07) is 0. The topological polar surface area (TPSA) is 60.4 Å². The lowest BCUT2D eigenvalue weighted by Crippen LogP contribution is -2.58. The summed E-state index contributed by atoms with van der Waals surface area (Å²) in [7, 11) is 0. The van der Waals surface area contributed by atoms with Crippen LogP contribution in [0.15, 0.2) is 0 Å². The average molecular weight is 387 g/mol. The summed E-state index contributed by atoms with van der Waals surface area (Å²) in [5.74, 6) is 4.37. The molecule has 0 saturated heterocycles. The van der Waals surface area contributed by atoms with Gasteiger partial charge in [0.2, 0.25) is 0 Å². The van der Waals surface area contributed by atoms with Crippen molar-refractivity contribution in [2.75, 3.05) is 0 Å². The van der Waals surface area contributed by atoms with E-state index in [1.807, 2.05) is 0 Å². The van der Waals surface area contributed by atoms with Gasteiger partial charge >= 0.3 is 5.97 Å². The van der Waals surface area contributed by atoms with Gasteiger partial charge in [0.05, 0.1) is 0 Å². The number of carbonyl (C=O) groups excluding carboxylic acids is 3. The third kappa shape index (κ3) is 2.32. The van der Waals surface area contributed by atoms with Crippen molar-refractivity contribution in [1.82, 2.24) is 0 Å². The number of fused-ring (bicyclic) bond motifs is 5. The first-order chi connectivity index (χ1) is 13.3. The first-order valence-corrected chi connectivity index (χ1v) is 11.5. The summed E-state index contributed by atoms with van der Waals surface area (Å²) in [6.07, 6.45) is 9.27. The molecule has 0 aromatic carbocycles. The molecule has 0 aliphatic heterocycles. The molecule has 0 amide bonds. The second kappa shape index (κ2) is 6.15. The van der Waals surface area contributed by atoms with Crippen molar-refractivity contribution in [2.45, 2.75) is 84.2 Å². The molecule has 0 aromatic rings. The Balaban J connectivity index is 1.49. The molecule has 6 rings (SSSR count). The van der Waals surface area contributed by atoms with E-state index >= 15 is 0 Å². The van der Waals surface area contributed by atoms with Gasteiger partial charge < -0.3 is 4.74 Å². The highest BCUT2D eigenvalue weighted by Crippen LogP contribution is 2.68. The van der Waals surface area contributed by atoms with Gasteiger partial charge in [-0.05, 0) is 93.8 Å². The summed E-state index contributed by atoms with van der Waals surface area (Å²) in [5.41, 5.74) is -1.16. The Kier molecular flexibility index (Phi) is 4.13. The lowest BCUT2D eigenvalue weighted by Gasteiger charge is -2.58. The highest BCUT2D eigenvalue weighted by atomic mass is 16.6. The van der Waals surface area contributed by atoms with Gasteiger partial charge in [-0.1, -0.05) is 6.92 Å². The maximum Gasteiger partial charge on any atom is 0.303 e. The monoisotopic (exact) mass is 386 g/mol. The number of rotatable bonds is 2. The molecule has 4 bridgehead atoms. The molecule has 28 heavy (non-hydrogen) atoms. The zero-order valence-corrected chi connectivity index (χ0v) is 17.5. The Labute approximate surface area is 168 Å². The Morgan fingerprint density at radius 3 is 2.43 bits per heavy atom. The zero-order chi connectivity index (χ0) is 19.8. The van der Waals surface area contributed by atoms with Gasteiger partial charge in [0.1, 0.15) is 5.78 Å². The molecule has 6 aliphatic rings. The molecule has 0 spiro atoms. The van der Waals surface area contributed by atoms with E-state index in [2.05, 4.69) is 6.92 Å². The van der Waals surface area contributed by atoms with Gasteiger partial charge in [-0.2, -0.15) is 0 Å². The molecule has 4 heteroatoms. The van der Waals surface area contributed by atoms with Gasteiger partial charge in [-0.25, -0.2) is 0 Å². The molecule has 4 nitrogen and oxygen atoms in total. The standard InChI is InChI=1S/C24H34O4/c1-13(25)24(28-14(2)26)9-7-21-20-10-15-4-5-16-11-19(18(15)12-22(16)27)17(20)6-8-23(21,24)3/h15-21H,4-12H2,1-3H3/t15?,16-,17-,18+,19-,20-,21+,23+,24+/m1/s1. The van der Waals surface area contributed by atoms with Crippen molar-refractivity contribution in [3.63, 3.8) is 0 Å². The molecule has 1 unspecified atom stereocenters. The minimum absolute atomic E-state index is 0.0315. The fraction of sp³-hybridized carbons (Fsp3) is 0.875. The maximum atomic E-state index is 12.8. The van der Waals surface area contributed by atoms with Gasteiger partial charge in [0.15, 0.2) is 11.4 Å². The molecule has 0 N–H and O–H groups in total. The van der Waals surface area contributed by atoms with E-state index in [0.29, 0.717) is 53.6 Å². The number of carbonyl (C=O) groups is 3. The van der Waals surface area contributed by atoms with E-state index in [9.17, 15) is 14.4 Å². The van der Waals surface area contributed by atoms with E-state index in [-0.39, 0.29) is 17.2 Å². The van der Waals surface area contributed by atoms with Crippen LogP contribution >= 0.6 is 0 Å². The molecule has 154 valence electrons. The van der Waals surface area contributed by atoms with Crippen molar-refractivity contribution in [3.8, 4) is 0 Å². The lowest BCUT2D eigenvalue weighted by atomic mass is 9.47. The van der Waals surface area contributed by atoms with Crippen LogP contribution in [0.5, 0.6) is 0 Å². The van der Waals surface area contributed by atoms with Crippen LogP contribution in [0.4, 0.5) is 0 Å². The van der Waals surface area contributed by atoms with Gasteiger partial charge in [-0.15, -0.1) is 0 Å². The third-order valence-electron chi connectivity index (χ3n) is 10.1. The van der Waals surface area contributed by atoms with E-state index in [1.165, 1.54) is 19.8 Å². The number of Topliss-reactive ketones (excluding diaryl/α,β-unsaturated/α-hetero) is 2. The van der Waals surface area contributed by atoms with Crippen LogP contribution in [0.3, 0.4) is 0 Å². The SMILES string of the molecule is CC(=O)O[C@]1(C(C)=O)CC[C@H]2[C@@H]3CC4CC[C@@H]5C[C@H]([C@H]3CC[C@@]21C)[C@H]4CC5=O. The van der Waals surface area contributed by atoms with Crippen molar-refractivity contribution in [2.24, 2.45) is 46.8 Å². The van der Waals surface area contributed by atoms with Crippen LogP contribution in [-0.2, 0) is 19.1 Å². The Morgan fingerprint density at radius 2 is 1.71 bits per heavy atom. The van der Waals surface area contributed by atoms with Crippen LogP contribution in [0.2, 0.25) is 0 Å². The van der Waals surface area contributed by atoms with E-state index in [1.54, 1.807) is 6.92 Å². The normalized spacial score (nSPS) is 51.8. The molecule has 0 heterocycles. The molecule has 9 atom stereocenters. The van der Waals surface area contributed by atoms with Crippen molar-refractivity contribution in [3.05, 3.63) is 0 Å². The van der Waals surface area contributed by atoms with Crippen molar-refractivity contribution >= 4 is 17.5 Å². The Hall–Kier alpha value is -1.19. The van der Waals surface area contributed by atoms with Crippen LogP contribution in [-0.4, -0.2) is 23.1 Å². The number of esters is 1. The van der Waals surface area contributed by atoms with Gasteiger partial charge in [0, 0.05) is 24.7 Å². The van der Waals surface area contributed by atoms with Crippen LogP contribution in [0, 0.1) is 46.8 Å². The molecular weight excluding hydrogens is 352 g/mol. The molecule has 6 fully saturated rings. The first kappa shape index (κ1) is 18.8. The summed E-state index contributed by atoms with van der Waals surface area (Å²) < 4.78 is 5.86. The van der Waals surface area contributed by atoms with Crippen molar-refractivity contribution < 1.29 is 19.1 Å². The van der Waals surface area contributed by atoms with Crippen LogP contribution in [0.1, 0.15) is 78.6 Å². The lowest BCUT2D eigenvalue weighted by molar-refractivity contribution is -0.188.